The largest absolute Gasteiger partial charge is 0.497 e. The first-order chi connectivity index (χ1) is 12.7. The van der Waals surface area contributed by atoms with Gasteiger partial charge in [-0.2, -0.15) is 0 Å². The van der Waals surface area contributed by atoms with Crippen LogP contribution in [0.1, 0.15) is 11.1 Å². The average molecular weight is 356 g/mol. The number of carbonyl (C=O) groups is 2. The fourth-order valence-corrected chi connectivity index (χ4v) is 2.40. The standard InChI is InChI=1S/C19H20N2O5/c1-24-16-9-7-15(8-10-16)13-26-21-11-17(18(21)22)20-19(23)25-12-14-5-3-2-4-6-14/h2-10,17H,11-13H2,1H3,(H,20,23). The van der Waals surface area contributed by atoms with Crippen LogP contribution in [-0.4, -0.2) is 36.8 Å². The number of amides is 2. The van der Waals surface area contributed by atoms with Gasteiger partial charge in [-0.05, 0) is 23.3 Å². The summed E-state index contributed by atoms with van der Waals surface area (Å²) >= 11 is 0. The fraction of sp³-hybridized carbons (Fsp3) is 0.263. The van der Waals surface area contributed by atoms with Crippen molar-refractivity contribution < 1.29 is 23.9 Å². The van der Waals surface area contributed by atoms with Crippen molar-refractivity contribution in [2.75, 3.05) is 13.7 Å². The Labute approximate surface area is 151 Å². The highest BCUT2D eigenvalue weighted by atomic mass is 16.7. The number of nitrogens with zero attached hydrogens (tertiary/aromatic N) is 1. The highest BCUT2D eigenvalue weighted by molar-refractivity contribution is 5.90. The van der Waals surface area contributed by atoms with Gasteiger partial charge < -0.3 is 14.8 Å². The number of alkyl carbamates (subject to hydrolysis) is 1. The number of hydrogen-bond acceptors (Lipinski definition) is 5. The van der Waals surface area contributed by atoms with E-state index in [4.69, 9.17) is 14.3 Å². The Kier molecular flexibility index (Phi) is 5.70. The first kappa shape index (κ1) is 17.8. The van der Waals surface area contributed by atoms with Gasteiger partial charge in [0.1, 0.15) is 25.0 Å². The van der Waals surface area contributed by atoms with Crippen LogP contribution >= 0.6 is 0 Å². The minimum Gasteiger partial charge on any atom is -0.497 e. The van der Waals surface area contributed by atoms with Crippen LogP contribution in [0.5, 0.6) is 5.75 Å². The molecule has 3 rings (SSSR count). The van der Waals surface area contributed by atoms with Crippen molar-refractivity contribution >= 4 is 12.0 Å². The Morgan fingerprint density at radius 3 is 2.42 bits per heavy atom. The molecule has 0 saturated carbocycles. The van der Waals surface area contributed by atoms with Crippen molar-refractivity contribution in [1.82, 2.24) is 10.4 Å². The summed E-state index contributed by atoms with van der Waals surface area (Å²) in [5.41, 5.74) is 1.80. The van der Waals surface area contributed by atoms with Gasteiger partial charge in [0, 0.05) is 0 Å². The summed E-state index contributed by atoms with van der Waals surface area (Å²) in [7, 11) is 1.60. The molecule has 0 bridgehead atoms. The molecule has 1 aliphatic heterocycles. The van der Waals surface area contributed by atoms with Crippen LogP contribution in [0.15, 0.2) is 54.6 Å². The number of rotatable bonds is 7. The predicted octanol–water partition coefficient (Wildman–Crippen LogP) is 2.26. The van der Waals surface area contributed by atoms with Gasteiger partial charge in [-0.15, -0.1) is 0 Å². The van der Waals surface area contributed by atoms with Gasteiger partial charge in [0.2, 0.25) is 0 Å². The van der Waals surface area contributed by atoms with E-state index in [-0.39, 0.29) is 25.7 Å². The molecule has 0 aromatic heterocycles. The van der Waals surface area contributed by atoms with Crippen molar-refractivity contribution in [3.05, 3.63) is 65.7 Å². The molecule has 7 nitrogen and oxygen atoms in total. The molecule has 2 aromatic rings. The fourth-order valence-electron chi connectivity index (χ4n) is 2.40. The molecule has 2 aromatic carbocycles. The van der Waals surface area contributed by atoms with Crippen molar-refractivity contribution in [3.8, 4) is 5.75 Å². The summed E-state index contributed by atoms with van der Waals surface area (Å²) in [5, 5.41) is 3.76. The number of nitrogens with one attached hydrogen (secondary N) is 1. The Morgan fingerprint density at radius 1 is 1.08 bits per heavy atom. The molecule has 0 aliphatic carbocycles. The number of benzene rings is 2. The van der Waals surface area contributed by atoms with E-state index in [0.29, 0.717) is 0 Å². The molecule has 7 heteroatoms. The number of methoxy groups -OCH3 is 1. The first-order valence-electron chi connectivity index (χ1n) is 8.20. The van der Waals surface area contributed by atoms with Gasteiger partial charge in [-0.3, -0.25) is 9.63 Å². The van der Waals surface area contributed by atoms with Crippen LogP contribution < -0.4 is 10.1 Å². The van der Waals surface area contributed by atoms with Crippen LogP contribution in [0.2, 0.25) is 0 Å². The molecular formula is C19H20N2O5. The average Bonchev–Trinajstić information content (AvgIpc) is 2.69. The smallest absolute Gasteiger partial charge is 0.408 e. The molecule has 1 atom stereocenters. The molecule has 1 heterocycles. The minimum absolute atomic E-state index is 0.158. The lowest BCUT2D eigenvalue weighted by atomic mass is 10.1. The second-order valence-electron chi connectivity index (χ2n) is 5.78. The van der Waals surface area contributed by atoms with Gasteiger partial charge in [-0.1, -0.05) is 42.5 Å². The highest BCUT2D eigenvalue weighted by Gasteiger charge is 2.39. The monoisotopic (exact) mass is 356 g/mol. The quantitative estimate of drug-likeness (QED) is 0.770. The number of hydrogen-bond donors (Lipinski definition) is 1. The Morgan fingerprint density at radius 2 is 1.77 bits per heavy atom. The Bertz CT molecular complexity index is 748. The molecule has 1 N–H and O–H groups in total. The van der Waals surface area contributed by atoms with Gasteiger partial charge >= 0.3 is 6.09 Å². The second-order valence-corrected chi connectivity index (χ2v) is 5.78. The zero-order chi connectivity index (χ0) is 18.4. The minimum atomic E-state index is -0.623. The van der Waals surface area contributed by atoms with E-state index in [1.54, 1.807) is 7.11 Å². The molecule has 1 unspecified atom stereocenters. The molecule has 0 spiro atoms. The van der Waals surface area contributed by atoms with E-state index in [2.05, 4.69) is 5.32 Å². The predicted molar refractivity (Wildman–Crippen MR) is 93.0 cm³/mol. The Balaban J connectivity index is 1.37. The highest BCUT2D eigenvalue weighted by Crippen LogP contribution is 2.16. The maximum atomic E-state index is 12.0. The zero-order valence-corrected chi connectivity index (χ0v) is 14.4. The summed E-state index contributed by atoms with van der Waals surface area (Å²) in [6.45, 7) is 0.710. The van der Waals surface area contributed by atoms with Gasteiger partial charge in [0.15, 0.2) is 0 Å². The summed E-state index contributed by atoms with van der Waals surface area (Å²) in [6, 6.07) is 16.1. The molecule has 26 heavy (non-hydrogen) atoms. The number of hydroxylamine groups is 2. The first-order valence-corrected chi connectivity index (χ1v) is 8.20. The van der Waals surface area contributed by atoms with E-state index in [1.807, 2.05) is 54.6 Å². The lowest BCUT2D eigenvalue weighted by Crippen LogP contribution is -2.63. The zero-order valence-electron chi connectivity index (χ0n) is 14.4. The molecule has 1 aliphatic rings. The van der Waals surface area contributed by atoms with Crippen molar-refractivity contribution in [3.63, 3.8) is 0 Å². The molecule has 1 saturated heterocycles. The second kappa shape index (κ2) is 8.35. The normalized spacial score (nSPS) is 16.0. The summed E-state index contributed by atoms with van der Waals surface area (Å²) in [5.74, 6) is 0.460. The van der Waals surface area contributed by atoms with Crippen molar-refractivity contribution in [1.29, 1.82) is 0 Å². The third-order valence-electron chi connectivity index (χ3n) is 3.94. The molecule has 136 valence electrons. The van der Waals surface area contributed by atoms with E-state index in [0.717, 1.165) is 16.9 Å². The summed E-state index contributed by atoms with van der Waals surface area (Å²) in [4.78, 5) is 29.2. The number of carbonyl (C=O) groups excluding carboxylic acids is 2. The van der Waals surface area contributed by atoms with Crippen molar-refractivity contribution in [2.24, 2.45) is 0 Å². The number of β-lactam (4-membered cyclic amide) rings is 1. The van der Waals surface area contributed by atoms with E-state index in [1.165, 1.54) is 5.06 Å². The molecule has 1 fully saturated rings. The molecule has 2 amide bonds. The number of ether oxygens (including phenoxy) is 2. The Hall–Kier alpha value is -3.06. The van der Waals surface area contributed by atoms with Crippen LogP contribution in [0, 0.1) is 0 Å². The molecular weight excluding hydrogens is 336 g/mol. The van der Waals surface area contributed by atoms with Crippen LogP contribution in [0.25, 0.3) is 0 Å². The maximum absolute atomic E-state index is 12.0. The van der Waals surface area contributed by atoms with E-state index >= 15 is 0 Å². The summed E-state index contributed by atoms with van der Waals surface area (Å²) < 4.78 is 10.2. The van der Waals surface area contributed by atoms with Gasteiger partial charge in [0.05, 0.1) is 13.7 Å². The third kappa shape index (κ3) is 4.52. The van der Waals surface area contributed by atoms with Gasteiger partial charge in [0.25, 0.3) is 5.91 Å². The lowest BCUT2D eigenvalue weighted by Gasteiger charge is -2.36. The topological polar surface area (TPSA) is 77.1 Å². The van der Waals surface area contributed by atoms with Crippen LogP contribution in [-0.2, 0) is 27.6 Å². The maximum Gasteiger partial charge on any atom is 0.408 e. The van der Waals surface area contributed by atoms with E-state index in [9.17, 15) is 9.59 Å². The van der Waals surface area contributed by atoms with Gasteiger partial charge in [-0.25, -0.2) is 9.86 Å². The lowest BCUT2D eigenvalue weighted by molar-refractivity contribution is -0.218. The van der Waals surface area contributed by atoms with Crippen LogP contribution in [0.4, 0.5) is 4.79 Å². The van der Waals surface area contributed by atoms with Crippen molar-refractivity contribution in [2.45, 2.75) is 19.3 Å². The molecule has 0 radical (unpaired) electrons. The third-order valence-corrected chi connectivity index (χ3v) is 3.94. The summed E-state index contributed by atoms with van der Waals surface area (Å²) in [6.07, 6.45) is -0.623. The van der Waals surface area contributed by atoms with Crippen LogP contribution in [0.3, 0.4) is 0 Å². The SMILES string of the molecule is COc1ccc(CON2CC(NC(=O)OCc3ccccc3)C2=O)cc1. The van der Waals surface area contributed by atoms with E-state index < -0.39 is 12.1 Å².